The maximum absolute atomic E-state index is 5.59. The van der Waals surface area contributed by atoms with E-state index >= 15 is 0 Å². The van der Waals surface area contributed by atoms with E-state index in [1.807, 2.05) is 0 Å². The first kappa shape index (κ1) is 5.63. The molecule has 0 radical (unpaired) electrons. The van der Waals surface area contributed by atoms with Crippen LogP contribution >= 0.6 is 11.6 Å². The molecule has 1 heterocycles. The second-order valence-corrected chi connectivity index (χ2v) is 2.04. The van der Waals surface area contributed by atoms with Crippen molar-refractivity contribution in [1.29, 1.82) is 0 Å². The number of nitrogens with zero attached hydrogens (tertiary/aromatic N) is 1. The van der Waals surface area contributed by atoms with Crippen LogP contribution in [0.1, 0.15) is 0 Å². The van der Waals surface area contributed by atoms with E-state index in [2.05, 4.69) is 16.9 Å². The molecule has 8 heavy (non-hydrogen) atoms. The molecule has 3 heteroatoms. The number of nitrogens with one attached hydrogen (secondary N) is 1. The average Bonchev–Trinajstić information content (AvgIpc) is 2.14. The minimum absolute atomic E-state index is 0.0944. The van der Waals surface area contributed by atoms with Crippen molar-refractivity contribution in [3.05, 3.63) is 12.7 Å². The molecule has 0 spiro atoms. The van der Waals surface area contributed by atoms with E-state index in [9.17, 15) is 0 Å². The topological polar surface area (TPSA) is 24.4 Å². The number of halogens is 1. The number of amidine groups is 1. The van der Waals surface area contributed by atoms with Crippen molar-refractivity contribution in [3.8, 4) is 0 Å². The maximum Gasteiger partial charge on any atom is 0.143 e. The summed E-state index contributed by atoms with van der Waals surface area (Å²) in [5.41, 5.74) is -0.0944. The van der Waals surface area contributed by atoms with Crippen LogP contribution in [0, 0.1) is 0 Å². The van der Waals surface area contributed by atoms with Gasteiger partial charge in [0.25, 0.3) is 0 Å². The van der Waals surface area contributed by atoms with Crippen LogP contribution in [0.3, 0.4) is 0 Å². The van der Waals surface area contributed by atoms with E-state index in [1.165, 1.54) is 0 Å². The average molecular weight is 131 g/mol. The maximum atomic E-state index is 5.59. The van der Waals surface area contributed by atoms with Crippen LogP contribution in [-0.4, -0.2) is 17.9 Å². The molecular weight excluding hydrogens is 124 g/mol. The van der Waals surface area contributed by atoms with Crippen LogP contribution in [0.5, 0.6) is 0 Å². The Morgan fingerprint density at radius 3 is 3.00 bits per heavy atom. The van der Waals surface area contributed by atoms with Crippen molar-refractivity contribution in [2.75, 3.05) is 6.54 Å². The molecule has 44 valence electrons. The summed E-state index contributed by atoms with van der Waals surface area (Å²) in [5.74, 6) is 0.796. The van der Waals surface area contributed by atoms with Gasteiger partial charge in [-0.05, 0) is 6.08 Å². The zero-order valence-electron chi connectivity index (χ0n) is 4.39. The van der Waals surface area contributed by atoms with Crippen molar-refractivity contribution in [2.45, 2.75) is 5.50 Å². The molecule has 0 aromatic rings. The summed E-state index contributed by atoms with van der Waals surface area (Å²) < 4.78 is 0. The fourth-order valence-corrected chi connectivity index (χ4v) is 0.738. The Morgan fingerprint density at radius 1 is 2.00 bits per heavy atom. The molecule has 0 amide bonds. The molecule has 0 saturated heterocycles. The summed E-state index contributed by atoms with van der Waals surface area (Å²) in [7, 11) is 0. The minimum Gasteiger partial charge on any atom is -0.367 e. The van der Waals surface area contributed by atoms with Crippen LogP contribution in [0.25, 0.3) is 0 Å². The molecule has 1 rings (SSSR count). The van der Waals surface area contributed by atoms with Gasteiger partial charge in [0.1, 0.15) is 11.3 Å². The molecule has 0 bridgehead atoms. The lowest BCUT2D eigenvalue weighted by atomic mass is 10.6. The predicted molar refractivity (Wildman–Crippen MR) is 35.3 cm³/mol. The summed E-state index contributed by atoms with van der Waals surface area (Å²) in [4.78, 5) is 3.96. The van der Waals surface area contributed by atoms with Gasteiger partial charge in [0.05, 0.1) is 6.54 Å². The second kappa shape index (κ2) is 2.18. The number of hydrogen-bond donors (Lipinski definition) is 1. The lowest BCUT2D eigenvalue weighted by molar-refractivity contribution is 0.901. The van der Waals surface area contributed by atoms with E-state index in [0.717, 1.165) is 12.4 Å². The summed E-state index contributed by atoms with van der Waals surface area (Å²) in [5, 5.41) is 2.96. The molecule has 0 fully saturated rings. The zero-order chi connectivity index (χ0) is 5.98. The van der Waals surface area contributed by atoms with Gasteiger partial charge in [0.2, 0.25) is 0 Å². The SMILES string of the molecule is C=CC1=NC(Cl)CN1. The quantitative estimate of drug-likeness (QED) is 0.411. The first-order valence-corrected chi connectivity index (χ1v) is 2.85. The van der Waals surface area contributed by atoms with Gasteiger partial charge in [-0.3, -0.25) is 0 Å². The van der Waals surface area contributed by atoms with Gasteiger partial charge in [-0.2, -0.15) is 0 Å². The van der Waals surface area contributed by atoms with E-state index in [0.29, 0.717) is 0 Å². The van der Waals surface area contributed by atoms with E-state index in [1.54, 1.807) is 6.08 Å². The monoisotopic (exact) mass is 130 g/mol. The van der Waals surface area contributed by atoms with Gasteiger partial charge in [0.15, 0.2) is 0 Å². The molecule has 1 aliphatic rings. The Labute approximate surface area is 53.3 Å². The van der Waals surface area contributed by atoms with Crippen LogP contribution in [0.15, 0.2) is 17.6 Å². The second-order valence-electron chi connectivity index (χ2n) is 1.53. The lowest BCUT2D eigenvalue weighted by Crippen LogP contribution is -2.16. The molecule has 0 aliphatic carbocycles. The third-order valence-electron chi connectivity index (χ3n) is 0.924. The van der Waals surface area contributed by atoms with Gasteiger partial charge in [-0.1, -0.05) is 18.2 Å². The van der Waals surface area contributed by atoms with Crippen LogP contribution in [0.2, 0.25) is 0 Å². The summed E-state index contributed by atoms with van der Waals surface area (Å²) in [6.45, 7) is 4.25. The molecule has 0 aromatic heterocycles. The highest BCUT2D eigenvalue weighted by atomic mass is 35.5. The first-order chi connectivity index (χ1) is 3.83. The van der Waals surface area contributed by atoms with Gasteiger partial charge in [-0.25, -0.2) is 4.99 Å². The Balaban J connectivity index is 2.56. The molecular formula is C5H7ClN2. The summed E-state index contributed by atoms with van der Waals surface area (Å²) in [6.07, 6.45) is 1.66. The Hall–Kier alpha value is -0.500. The molecule has 1 atom stereocenters. The van der Waals surface area contributed by atoms with Crippen LogP contribution < -0.4 is 5.32 Å². The first-order valence-electron chi connectivity index (χ1n) is 2.41. The van der Waals surface area contributed by atoms with Gasteiger partial charge in [0, 0.05) is 0 Å². The smallest absolute Gasteiger partial charge is 0.143 e. The molecule has 1 N–H and O–H groups in total. The highest BCUT2D eigenvalue weighted by molar-refractivity contribution is 6.22. The Morgan fingerprint density at radius 2 is 2.75 bits per heavy atom. The molecule has 0 saturated carbocycles. The number of alkyl halides is 1. The molecule has 1 aliphatic heterocycles. The third-order valence-corrected chi connectivity index (χ3v) is 1.18. The standard InChI is InChI=1S/C5H7ClN2/c1-2-5-7-3-4(6)8-5/h2,4H,1,3H2,(H,7,8). The van der Waals surface area contributed by atoms with Crippen LogP contribution in [0.4, 0.5) is 0 Å². The van der Waals surface area contributed by atoms with Gasteiger partial charge in [-0.15, -0.1) is 0 Å². The molecule has 2 nitrogen and oxygen atoms in total. The van der Waals surface area contributed by atoms with E-state index < -0.39 is 0 Å². The van der Waals surface area contributed by atoms with Crippen molar-refractivity contribution in [3.63, 3.8) is 0 Å². The van der Waals surface area contributed by atoms with E-state index in [-0.39, 0.29) is 5.50 Å². The van der Waals surface area contributed by atoms with E-state index in [4.69, 9.17) is 11.6 Å². The highest BCUT2D eigenvalue weighted by Gasteiger charge is 2.09. The molecule has 0 aromatic carbocycles. The van der Waals surface area contributed by atoms with Gasteiger partial charge >= 0.3 is 0 Å². The molecule has 1 unspecified atom stereocenters. The largest absolute Gasteiger partial charge is 0.367 e. The summed E-state index contributed by atoms with van der Waals surface area (Å²) in [6, 6.07) is 0. The lowest BCUT2D eigenvalue weighted by Gasteiger charge is -1.89. The Bertz CT molecular complexity index is 130. The fourth-order valence-electron chi connectivity index (χ4n) is 0.556. The van der Waals surface area contributed by atoms with Crippen molar-refractivity contribution >= 4 is 17.4 Å². The number of aliphatic imine (C=N–C) groups is 1. The number of rotatable bonds is 1. The Kier molecular flexibility index (Phi) is 1.53. The normalized spacial score (nSPS) is 26.6. The van der Waals surface area contributed by atoms with Gasteiger partial charge < -0.3 is 5.32 Å². The van der Waals surface area contributed by atoms with Crippen LogP contribution in [-0.2, 0) is 0 Å². The zero-order valence-corrected chi connectivity index (χ0v) is 5.15. The third kappa shape index (κ3) is 1.01. The fraction of sp³-hybridized carbons (Fsp3) is 0.400. The highest BCUT2D eigenvalue weighted by Crippen LogP contribution is 2.01. The van der Waals surface area contributed by atoms with Crippen molar-refractivity contribution in [2.24, 2.45) is 4.99 Å². The predicted octanol–water partition coefficient (Wildman–Crippen LogP) is 0.739. The summed E-state index contributed by atoms with van der Waals surface area (Å²) >= 11 is 5.59. The van der Waals surface area contributed by atoms with Crippen molar-refractivity contribution < 1.29 is 0 Å². The minimum atomic E-state index is -0.0944. The number of hydrogen-bond acceptors (Lipinski definition) is 2. The van der Waals surface area contributed by atoms with Crippen molar-refractivity contribution in [1.82, 2.24) is 5.32 Å².